The minimum atomic E-state index is -0.510. The summed E-state index contributed by atoms with van der Waals surface area (Å²) < 4.78 is 0. The van der Waals surface area contributed by atoms with Crippen molar-refractivity contribution in [2.24, 2.45) is 28.6 Å². The van der Waals surface area contributed by atoms with E-state index in [2.05, 4.69) is 13.0 Å². The second kappa shape index (κ2) is 4.29. The van der Waals surface area contributed by atoms with E-state index < -0.39 is 6.10 Å². The largest absolute Gasteiger partial charge is 0.393 e. The highest BCUT2D eigenvalue weighted by Crippen LogP contribution is 2.61. The predicted molar refractivity (Wildman–Crippen MR) is 82.9 cm³/mol. The minimum absolute atomic E-state index is 0.0155. The van der Waals surface area contributed by atoms with Crippen LogP contribution in [0.4, 0.5) is 0 Å². The molecule has 4 aliphatic rings. The minimum Gasteiger partial charge on any atom is -0.393 e. The van der Waals surface area contributed by atoms with Crippen LogP contribution in [0.2, 0.25) is 0 Å². The van der Waals surface area contributed by atoms with Gasteiger partial charge >= 0.3 is 0 Å². The van der Waals surface area contributed by atoms with Crippen LogP contribution in [0.3, 0.4) is 0 Å². The van der Waals surface area contributed by atoms with Crippen molar-refractivity contribution in [2.45, 2.75) is 39.2 Å². The first-order valence-corrected chi connectivity index (χ1v) is 8.21. The zero-order chi connectivity index (χ0) is 15.7. The summed E-state index contributed by atoms with van der Waals surface area (Å²) in [6.45, 7) is 4.15. The van der Waals surface area contributed by atoms with E-state index in [1.54, 1.807) is 12.2 Å². The molecule has 116 valence electrons. The number of fused-ring (bicyclic) bond motifs is 5. The summed E-state index contributed by atoms with van der Waals surface area (Å²) in [5.41, 5.74) is 0.310. The molecule has 0 amide bonds. The van der Waals surface area contributed by atoms with Gasteiger partial charge in [-0.15, -0.1) is 0 Å². The average Bonchev–Trinajstić information content (AvgIpc) is 2.75. The zero-order valence-electron chi connectivity index (χ0n) is 13.1. The number of allylic oxidation sites excluding steroid dienone is 6. The molecule has 0 aliphatic heterocycles. The van der Waals surface area contributed by atoms with Crippen molar-refractivity contribution < 1.29 is 14.7 Å². The van der Waals surface area contributed by atoms with Crippen molar-refractivity contribution in [1.29, 1.82) is 0 Å². The maximum absolute atomic E-state index is 12.4. The quantitative estimate of drug-likeness (QED) is 0.748. The van der Waals surface area contributed by atoms with Gasteiger partial charge in [-0.05, 0) is 42.4 Å². The Morgan fingerprint density at radius 1 is 1.23 bits per heavy atom. The molecule has 0 saturated heterocycles. The summed E-state index contributed by atoms with van der Waals surface area (Å²) in [5, 5.41) is 10.9. The van der Waals surface area contributed by atoms with Crippen LogP contribution < -0.4 is 0 Å². The molecule has 0 heterocycles. The van der Waals surface area contributed by atoms with E-state index in [9.17, 15) is 14.7 Å². The smallest absolute Gasteiger partial charge is 0.178 e. The molecule has 6 atom stereocenters. The number of rotatable bonds is 0. The Balaban J connectivity index is 1.83. The van der Waals surface area contributed by atoms with E-state index in [0.717, 1.165) is 12.0 Å². The summed E-state index contributed by atoms with van der Waals surface area (Å²) in [6.07, 6.45) is 11.1. The molecule has 0 aromatic rings. The van der Waals surface area contributed by atoms with Crippen molar-refractivity contribution in [2.75, 3.05) is 0 Å². The molecule has 0 aromatic carbocycles. The molecule has 2 fully saturated rings. The van der Waals surface area contributed by atoms with Crippen molar-refractivity contribution in [3.05, 3.63) is 36.0 Å². The SMILES string of the molecule is C[C@]12C=CC(=O)C=C1C=C[C@@H]1[C@@H]2[C@H](O)C[C@]2(C)C(=O)CC[C@@H]12. The zero-order valence-corrected chi connectivity index (χ0v) is 13.1. The first-order chi connectivity index (χ1) is 10.4. The molecule has 3 heteroatoms. The standard InChI is InChI=1S/C19H22O3/c1-18-8-7-12(20)9-11(18)3-4-13-14-5-6-16(22)19(14,2)10-15(21)17(13)18/h3-4,7-9,13-15,17,21H,5-6,10H2,1-2H3/t13-,14-,15+,17+,18-,19-/m0/s1. The van der Waals surface area contributed by atoms with Gasteiger partial charge in [-0.25, -0.2) is 0 Å². The second-order valence-corrected chi connectivity index (χ2v) is 7.84. The van der Waals surface area contributed by atoms with E-state index in [1.165, 1.54) is 0 Å². The van der Waals surface area contributed by atoms with E-state index in [-0.39, 0.29) is 28.4 Å². The normalized spacial score (nSPS) is 49.5. The highest BCUT2D eigenvalue weighted by atomic mass is 16.3. The maximum Gasteiger partial charge on any atom is 0.178 e. The van der Waals surface area contributed by atoms with Crippen molar-refractivity contribution >= 4 is 11.6 Å². The average molecular weight is 298 g/mol. The van der Waals surface area contributed by atoms with Crippen LogP contribution in [-0.4, -0.2) is 22.8 Å². The molecule has 4 rings (SSSR count). The van der Waals surface area contributed by atoms with E-state index in [1.807, 2.05) is 19.1 Å². The van der Waals surface area contributed by atoms with Gasteiger partial charge in [-0.3, -0.25) is 9.59 Å². The van der Waals surface area contributed by atoms with Gasteiger partial charge in [-0.2, -0.15) is 0 Å². The Morgan fingerprint density at radius 2 is 2.00 bits per heavy atom. The van der Waals surface area contributed by atoms with Crippen molar-refractivity contribution in [1.82, 2.24) is 0 Å². The Bertz CT molecular complexity index is 656. The first kappa shape index (κ1) is 14.1. The van der Waals surface area contributed by atoms with Gasteiger partial charge in [0.05, 0.1) is 6.10 Å². The summed E-state index contributed by atoms with van der Waals surface area (Å²) >= 11 is 0. The molecule has 3 nitrogen and oxygen atoms in total. The molecule has 4 aliphatic carbocycles. The summed E-state index contributed by atoms with van der Waals surface area (Å²) in [6, 6.07) is 0. The molecular formula is C19H22O3. The molecule has 0 radical (unpaired) electrons. The lowest BCUT2D eigenvalue weighted by Crippen LogP contribution is -2.54. The fourth-order valence-electron chi connectivity index (χ4n) is 5.56. The lowest BCUT2D eigenvalue weighted by Gasteiger charge is -2.55. The fourth-order valence-corrected chi connectivity index (χ4v) is 5.56. The Hall–Kier alpha value is -1.48. The predicted octanol–water partition coefficient (Wildman–Crippen LogP) is 2.61. The van der Waals surface area contributed by atoms with Gasteiger partial charge in [0.2, 0.25) is 0 Å². The first-order valence-electron chi connectivity index (χ1n) is 8.21. The van der Waals surface area contributed by atoms with Crippen LogP contribution in [0.25, 0.3) is 0 Å². The highest BCUT2D eigenvalue weighted by Gasteiger charge is 2.60. The fraction of sp³-hybridized carbons (Fsp3) is 0.579. The molecule has 2 saturated carbocycles. The lowest BCUT2D eigenvalue weighted by atomic mass is 9.49. The van der Waals surface area contributed by atoms with Gasteiger partial charge in [0.1, 0.15) is 5.78 Å². The second-order valence-electron chi connectivity index (χ2n) is 7.84. The van der Waals surface area contributed by atoms with Crippen LogP contribution >= 0.6 is 0 Å². The third kappa shape index (κ3) is 1.60. The van der Waals surface area contributed by atoms with Crippen LogP contribution in [0.1, 0.15) is 33.1 Å². The van der Waals surface area contributed by atoms with Gasteiger partial charge in [-0.1, -0.05) is 32.1 Å². The molecule has 0 bridgehead atoms. The molecule has 0 aromatic heterocycles. The third-order valence-electron chi connectivity index (χ3n) is 6.77. The van der Waals surface area contributed by atoms with Crippen molar-refractivity contribution in [3.63, 3.8) is 0 Å². The third-order valence-corrected chi connectivity index (χ3v) is 6.77. The topological polar surface area (TPSA) is 54.4 Å². The molecule has 0 unspecified atom stereocenters. The van der Waals surface area contributed by atoms with Crippen LogP contribution in [-0.2, 0) is 9.59 Å². The van der Waals surface area contributed by atoms with Gasteiger partial charge in [0, 0.05) is 23.2 Å². The summed E-state index contributed by atoms with van der Waals surface area (Å²) in [7, 11) is 0. The number of aliphatic hydroxyl groups excluding tert-OH is 1. The highest BCUT2D eigenvalue weighted by molar-refractivity contribution is 6.01. The number of hydrogen-bond donors (Lipinski definition) is 1. The number of hydrogen-bond acceptors (Lipinski definition) is 3. The molecule has 1 N–H and O–H groups in total. The Kier molecular flexibility index (Phi) is 2.75. The van der Waals surface area contributed by atoms with Crippen molar-refractivity contribution in [3.8, 4) is 0 Å². The van der Waals surface area contributed by atoms with Crippen LogP contribution in [0.15, 0.2) is 36.0 Å². The number of ketones is 2. The Morgan fingerprint density at radius 3 is 2.77 bits per heavy atom. The van der Waals surface area contributed by atoms with Gasteiger partial charge < -0.3 is 5.11 Å². The summed E-state index contributed by atoms with van der Waals surface area (Å²) in [5.74, 6) is 0.900. The molecule has 0 spiro atoms. The van der Waals surface area contributed by atoms with Gasteiger partial charge in [0.15, 0.2) is 5.78 Å². The monoisotopic (exact) mass is 298 g/mol. The summed E-state index contributed by atoms with van der Waals surface area (Å²) in [4.78, 5) is 24.0. The number of aliphatic hydroxyl groups is 1. The van der Waals surface area contributed by atoms with Crippen LogP contribution in [0.5, 0.6) is 0 Å². The molecule has 22 heavy (non-hydrogen) atoms. The van der Waals surface area contributed by atoms with Crippen LogP contribution in [0, 0.1) is 28.6 Å². The van der Waals surface area contributed by atoms with E-state index in [4.69, 9.17) is 0 Å². The maximum atomic E-state index is 12.4. The number of carbonyl (C=O) groups excluding carboxylic acids is 2. The lowest BCUT2D eigenvalue weighted by molar-refractivity contribution is -0.137. The van der Waals surface area contributed by atoms with E-state index >= 15 is 0 Å². The van der Waals surface area contributed by atoms with E-state index in [0.29, 0.717) is 24.5 Å². The molecular weight excluding hydrogens is 276 g/mol. The number of carbonyl (C=O) groups is 2. The Labute approximate surface area is 130 Å². The number of Topliss-reactive ketones (excluding diaryl/α,β-unsaturated/α-hetero) is 1. The van der Waals surface area contributed by atoms with Gasteiger partial charge in [0.25, 0.3) is 0 Å².